The molecule has 0 saturated carbocycles. The molecule has 19 heavy (non-hydrogen) atoms. The van der Waals surface area contributed by atoms with Crippen LogP contribution in [0.2, 0.25) is 0 Å². The highest BCUT2D eigenvalue weighted by Crippen LogP contribution is 2.43. The molecule has 1 N–H and O–H groups in total. The smallest absolute Gasteiger partial charge is 0.327 e. The zero-order valence-corrected chi connectivity index (χ0v) is 10.1. The molecule has 1 atom stereocenters. The van der Waals surface area contributed by atoms with E-state index in [1.165, 1.54) is 6.07 Å². The van der Waals surface area contributed by atoms with E-state index >= 15 is 0 Å². The van der Waals surface area contributed by atoms with E-state index in [-0.39, 0.29) is 23.6 Å². The van der Waals surface area contributed by atoms with Crippen molar-refractivity contribution in [3.05, 3.63) is 23.8 Å². The summed E-state index contributed by atoms with van der Waals surface area (Å²) in [5.41, 5.74) is -0.0963. The van der Waals surface area contributed by atoms with Gasteiger partial charge in [-0.1, -0.05) is 6.07 Å². The molecule has 0 radical (unpaired) electrons. The van der Waals surface area contributed by atoms with Crippen LogP contribution in [0.15, 0.2) is 18.2 Å². The molecule has 8 heteroatoms. The van der Waals surface area contributed by atoms with Gasteiger partial charge in [0.05, 0.1) is 5.69 Å². The van der Waals surface area contributed by atoms with Crippen LogP contribution < -0.4 is 10.1 Å². The number of hydrogen-bond acceptors (Lipinski definition) is 2. The fourth-order valence-electron chi connectivity index (χ4n) is 1.59. The number of benzene rings is 1. The first-order valence-electron chi connectivity index (χ1n) is 5.19. The van der Waals surface area contributed by atoms with E-state index in [9.17, 15) is 22.4 Å². The van der Waals surface area contributed by atoms with Gasteiger partial charge in [-0.2, -0.15) is 8.78 Å². The lowest BCUT2D eigenvalue weighted by Crippen LogP contribution is -2.32. The van der Waals surface area contributed by atoms with E-state index < -0.39 is 23.6 Å². The zero-order chi connectivity index (χ0) is 14.2. The number of fused-ring (bicyclic) bond motifs is 1. The molecule has 1 aromatic rings. The van der Waals surface area contributed by atoms with Gasteiger partial charge in [0.1, 0.15) is 11.1 Å². The SMILES string of the molecule is O=C1COc2ccc(C(Cl)C(F)(F)C(F)F)cc2N1. The number of ether oxygens (including phenoxy) is 1. The number of rotatable bonds is 3. The maximum absolute atomic E-state index is 13.1. The zero-order valence-electron chi connectivity index (χ0n) is 9.30. The molecule has 3 nitrogen and oxygen atoms in total. The van der Waals surface area contributed by atoms with Gasteiger partial charge in [-0.3, -0.25) is 4.79 Å². The molecule has 2 rings (SSSR count). The first-order chi connectivity index (χ1) is 8.82. The Morgan fingerprint density at radius 1 is 1.37 bits per heavy atom. The average molecular weight is 298 g/mol. The Bertz CT molecular complexity index is 509. The lowest BCUT2D eigenvalue weighted by molar-refractivity contribution is -0.130. The van der Waals surface area contributed by atoms with Crippen molar-refractivity contribution in [1.82, 2.24) is 0 Å². The van der Waals surface area contributed by atoms with Gasteiger partial charge >= 0.3 is 12.3 Å². The van der Waals surface area contributed by atoms with E-state index in [1.54, 1.807) is 0 Å². The van der Waals surface area contributed by atoms with Crippen molar-refractivity contribution < 1.29 is 27.1 Å². The second-order valence-corrected chi connectivity index (χ2v) is 4.37. The van der Waals surface area contributed by atoms with Crippen molar-refractivity contribution in [2.45, 2.75) is 17.7 Å². The summed E-state index contributed by atoms with van der Waals surface area (Å²) in [4.78, 5) is 11.1. The Hall–Kier alpha value is -1.50. The summed E-state index contributed by atoms with van der Waals surface area (Å²) in [6.07, 6.45) is -3.88. The second-order valence-electron chi connectivity index (χ2n) is 3.93. The molecule has 0 fully saturated rings. The third-order valence-electron chi connectivity index (χ3n) is 2.56. The number of carbonyl (C=O) groups excluding carboxylic acids is 1. The quantitative estimate of drug-likeness (QED) is 0.687. The first-order valence-corrected chi connectivity index (χ1v) is 5.62. The molecule has 1 unspecified atom stereocenters. The molecule has 1 heterocycles. The molecule has 0 aromatic heterocycles. The summed E-state index contributed by atoms with van der Waals surface area (Å²) in [5, 5.41) is 0.183. The molecule has 1 amide bonds. The standard InChI is InChI=1S/C11H8ClF4NO2/c12-9(11(15,16)10(13)14)5-1-2-7-6(3-5)17-8(18)4-19-7/h1-3,9-10H,4H2,(H,17,18). The highest BCUT2D eigenvalue weighted by molar-refractivity contribution is 6.21. The third kappa shape index (κ3) is 2.60. The van der Waals surface area contributed by atoms with Crippen molar-refractivity contribution in [2.24, 2.45) is 0 Å². The summed E-state index contributed by atoms with van der Waals surface area (Å²) in [6.45, 7) is -0.191. The lowest BCUT2D eigenvalue weighted by Gasteiger charge is -2.23. The minimum absolute atomic E-state index is 0.129. The van der Waals surface area contributed by atoms with Crippen LogP contribution >= 0.6 is 11.6 Å². The molecule has 1 aliphatic rings. The van der Waals surface area contributed by atoms with Gasteiger partial charge in [-0.15, -0.1) is 11.6 Å². The second kappa shape index (κ2) is 4.88. The fourth-order valence-corrected chi connectivity index (χ4v) is 1.82. The minimum Gasteiger partial charge on any atom is -0.482 e. The summed E-state index contributed by atoms with van der Waals surface area (Å²) >= 11 is 5.39. The van der Waals surface area contributed by atoms with Gasteiger partial charge in [0, 0.05) is 0 Å². The molecule has 0 spiro atoms. The summed E-state index contributed by atoms with van der Waals surface area (Å²) in [6, 6.07) is 3.55. The minimum atomic E-state index is -4.37. The highest BCUT2D eigenvalue weighted by Gasteiger charge is 2.48. The van der Waals surface area contributed by atoms with Crippen LogP contribution in [0.3, 0.4) is 0 Å². The van der Waals surface area contributed by atoms with E-state index in [1.807, 2.05) is 0 Å². The van der Waals surface area contributed by atoms with Crippen LogP contribution in [-0.4, -0.2) is 24.9 Å². The van der Waals surface area contributed by atoms with Gasteiger partial charge in [0.15, 0.2) is 6.61 Å². The maximum Gasteiger partial charge on any atom is 0.327 e. The average Bonchev–Trinajstić information content (AvgIpc) is 2.36. The Balaban J connectivity index is 2.32. The van der Waals surface area contributed by atoms with Crippen molar-refractivity contribution in [1.29, 1.82) is 0 Å². The predicted molar refractivity (Wildman–Crippen MR) is 60.1 cm³/mol. The van der Waals surface area contributed by atoms with Gasteiger partial charge in [-0.25, -0.2) is 8.78 Å². The van der Waals surface area contributed by atoms with Crippen molar-refractivity contribution in [3.63, 3.8) is 0 Å². The largest absolute Gasteiger partial charge is 0.482 e. The van der Waals surface area contributed by atoms with Crippen molar-refractivity contribution in [2.75, 3.05) is 11.9 Å². The molecule has 104 valence electrons. The summed E-state index contributed by atoms with van der Waals surface area (Å²) in [5.74, 6) is -4.56. The van der Waals surface area contributed by atoms with Gasteiger partial charge in [0.2, 0.25) is 0 Å². The number of nitrogens with one attached hydrogen (secondary N) is 1. The lowest BCUT2D eigenvalue weighted by atomic mass is 10.0. The number of halogens is 5. The van der Waals surface area contributed by atoms with E-state index in [2.05, 4.69) is 5.32 Å². The summed E-state index contributed by atoms with van der Waals surface area (Å²) < 4.78 is 55.7. The third-order valence-corrected chi connectivity index (χ3v) is 3.10. The van der Waals surface area contributed by atoms with Crippen LogP contribution in [0, 0.1) is 0 Å². The Kier molecular flexibility index (Phi) is 3.58. The van der Waals surface area contributed by atoms with Crippen LogP contribution in [0.4, 0.5) is 23.2 Å². The molecule has 0 bridgehead atoms. The van der Waals surface area contributed by atoms with Crippen LogP contribution in [0.25, 0.3) is 0 Å². The predicted octanol–water partition coefficient (Wildman–Crippen LogP) is 3.20. The number of carbonyl (C=O) groups is 1. The summed E-state index contributed by atoms with van der Waals surface area (Å²) in [7, 11) is 0. The Morgan fingerprint density at radius 2 is 2.05 bits per heavy atom. The topological polar surface area (TPSA) is 38.3 Å². The van der Waals surface area contributed by atoms with Gasteiger partial charge < -0.3 is 10.1 Å². The van der Waals surface area contributed by atoms with Crippen LogP contribution in [0.1, 0.15) is 10.9 Å². The molecule has 0 aliphatic carbocycles. The number of alkyl halides is 5. The number of hydrogen-bond donors (Lipinski definition) is 1. The normalized spacial score (nSPS) is 16.6. The van der Waals surface area contributed by atoms with Gasteiger partial charge in [-0.05, 0) is 17.7 Å². The van der Waals surface area contributed by atoms with Crippen molar-refractivity contribution >= 4 is 23.2 Å². The monoisotopic (exact) mass is 297 g/mol. The van der Waals surface area contributed by atoms with Crippen LogP contribution in [0.5, 0.6) is 5.75 Å². The van der Waals surface area contributed by atoms with Crippen molar-refractivity contribution in [3.8, 4) is 5.75 Å². The molecule has 1 aliphatic heterocycles. The number of anilines is 1. The van der Waals surface area contributed by atoms with E-state index in [0.717, 1.165) is 12.1 Å². The van der Waals surface area contributed by atoms with Gasteiger partial charge in [0.25, 0.3) is 5.91 Å². The Morgan fingerprint density at radius 3 is 2.68 bits per heavy atom. The van der Waals surface area contributed by atoms with E-state index in [4.69, 9.17) is 16.3 Å². The van der Waals surface area contributed by atoms with E-state index in [0.29, 0.717) is 0 Å². The Labute approximate surface area is 110 Å². The molecule has 0 saturated heterocycles. The molecular formula is C11H8ClF4NO2. The fraction of sp³-hybridized carbons (Fsp3) is 0.364. The molecular weight excluding hydrogens is 290 g/mol. The molecule has 1 aromatic carbocycles. The highest BCUT2D eigenvalue weighted by atomic mass is 35.5. The van der Waals surface area contributed by atoms with Crippen LogP contribution in [-0.2, 0) is 4.79 Å². The number of amides is 1. The first kappa shape index (κ1) is 13.9. The maximum atomic E-state index is 13.1.